The Morgan fingerprint density at radius 1 is 1.26 bits per heavy atom. The second-order valence-corrected chi connectivity index (χ2v) is 6.30. The number of hydrogen-bond donors (Lipinski definition) is 1. The molecule has 0 amide bonds. The number of nitrogens with one attached hydrogen (secondary N) is 1. The molecule has 118 valence electrons. The maximum absolute atomic E-state index is 13.8. The van der Waals surface area contributed by atoms with Crippen LogP contribution in [0, 0.1) is 34.2 Å². The molecule has 0 aliphatic heterocycles. The standard InChI is InChI=1S/C14H10FN3O4S/c1-9-2-4-11(7-14(9)18(19)20)23(21,22)17-13-5-3-10(8-16)6-12(13)15/h2-7,17H,1H3. The van der Waals surface area contributed by atoms with Gasteiger partial charge in [-0.05, 0) is 31.2 Å². The van der Waals surface area contributed by atoms with Crippen molar-refractivity contribution in [2.75, 3.05) is 4.72 Å². The molecule has 0 heterocycles. The van der Waals surface area contributed by atoms with Crippen molar-refractivity contribution >= 4 is 21.4 Å². The predicted molar refractivity (Wildman–Crippen MR) is 79.8 cm³/mol. The predicted octanol–water partition coefficient (Wildman–Crippen LogP) is 2.71. The molecular weight excluding hydrogens is 325 g/mol. The molecule has 2 rings (SSSR count). The van der Waals surface area contributed by atoms with Crippen LogP contribution in [0.5, 0.6) is 0 Å². The number of benzene rings is 2. The van der Waals surface area contributed by atoms with E-state index in [4.69, 9.17) is 5.26 Å². The van der Waals surface area contributed by atoms with Crippen molar-refractivity contribution in [3.8, 4) is 6.07 Å². The average molecular weight is 335 g/mol. The maximum atomic E-state index is 13.8. The van der Waals surface area contributed by atoms with E-state index in [-0.39, 0.29) is 21.8 Å². The molecule has 0 aliphatic carbocycles. The minimum absolute atomic E-state index is 0.0384. The van der Waals surface area contributed by atoms with Crippen molar-refractivity contribution in [1.29, 1.82) is 5.26 Å². The first-order valence-electron chi connectivity index (χ1n) is 6.22. The van der Waals surface area contributed by atoms with Gasteiger partial charge in [-0.15, -0.1) is 0 Å². The number of aryl methyl sites for hydroxylation is 1. The Morgan fingerprint density at radius 2 is 1.96 bits per heavy atom. The fraction of sp³-hybridized carbons (Fsp3) is 0.0714. The molecule has 0 spiro atoms. The number of nitrogens with zero attached hydrogens (tertiary/aromatic N) is 2. The van der Waals surface area contributed by atoms with E-state index in [0.29, 0.717) is 5.56 Å². The number of sulfonamides is 1. The number of hydrogen-bond acceptors (Lipinski definition) is 5. The smallest absolute Gasteiger partial charge is 0.273 e. The highest BCUT2D eigenvalue weighted by molar-refractivity contribution is 7.92. The van der Waals surface area contributed by atoms with Gasteiger partial charge in [0.15, 0.2) is 0 Å². The first-order valence-corrected chi connectivity index (χ1v) is 7.70. The van der Waals surface area contributed by atoms with E-state index in [1.165, 1.54) is 25.1 Å². The molecule has 0 saturated heterocycles. The topological polar surface area (TPSA) is 113 Å². The van der Waals surface area contributed by atoms with Crippen LogP contribution in [0.3, 0.4) is 0 Å². The number of nitro groups is 1. The van der Waals surface area contributed by atoms with Gasteiger partial charge in [-0.3, -0.25) is 14.8 Å². The van der Waals surface area contributed by atoms with E-state index in [0.717, 1.165) is 18.2 Å². The summed E-state index contributed by atoms with van der Waals surface area (Å²) in [6.07, 6.45) is 0. The van der Waals surface area contributed by atoms with Crippen LogP contribution in [-0.4, -0.2) is 13.3 Å². The maximum Gasteiger partial charge on any atom is 0.273 e. The normalized spacial score (nSPS) is 10.8. The van der Waals surface area contributed by atoms with Gasteiger partial charge in [0.05, 0.1) is 27.1 Å². The van der Waals surface area contributed by atoms with Crippen molar-refractivity contribution < 1.29 is 17.7 Å². The minimum Gasteiger partial charge on any atom is -0.277 e. The van der Waals surface area contributed by atoms with Gasteiger partial charge in [0, 0.05) is 11.6 Å². The Balaban J connectivity index is 2.42. The van der Waals surface area contributed by atoms with Crippen LogP contribution in [0.25, 0.3) is 0 Å². The number of halogens is 1. The van der Waals surface area contributed by atoms with Gasteiger partial charge in [-0.2, -0.15) is 5.26 Å². The molecule has 9 heteroatoms. The van der Waals surface area contributed by atoms with Crippen LogP contribution in [0.4, 0.5) is 15.8 Å². The molecule has 0 unspecified atom stereocenters. The highest BCUT2D eigenvalue weighted by Crippen LogP contribution is 2.25. The zero-order chi connectivity index (χ0) is 17.2. The van der Waals surface area contributed by atoms with E-state index < -0.39 is 20.8 Å². The second-order valence-electron chi connectivity index (χ2n) is 4.62. The van der Waals surface area contributed by atoms with Gasteiger partial charge in [0.25, 0.3) is 15.7 Å². The zero-order valence-electron chi connectivity index (χ0n) is 11.8. The Kier molecular flexibility index (Phi) is 4.29. The van der Waals surface area contributed by atoms with Gasteiger partial charge in [-0.25, -0.2) is 12.8 Å². The Morgan fingerprint density at radius 3 is 2.52 bits per heavy atom. The third-order valence-corrected chi connectivity index (χ3v) is 4.39. The fourth-order valence-corrected chi connectivity index (χ4v) is 2.91. The number of nitriles is 1. The largest absolute Gasteiger partial charge is 0.277 e. The third kappa shape index (κ3) is 3.44. The molecule has 0 aromatic heterocycles. The van der Waals surface area contributed by atoms with Crippen molar-refractivity contribution in [1.82, 2.24) is 0 Å². The summed E-state index contributed by atoms with van der Waals surface area (Å²) in [5.41, 5.74) is -0.365. The molecule has 2 aromatic rings. The number of anilines is 1. The van der Waals surface area contributed by atoms with Crippen molar-refractivity contribution in [3.63, 3.8) is 0 Å². The molecule has 0 fully saturated rings. The monoisotopic (exact) mass is 335 g/mol. The SMILES string of the molecule is Cc1ccc(S(=O)(=O)Nc2ccc(C#N)cc2F)cc1[N+](=O)[O-]. The minimum atomic E-state index is -4.21. The number of rotatable bonds is 4. The van der Waals surface area contributed by atoms with Gasteiger partial charge < -0.3 is 0 Å². The lowest BCUT2D eigenvalue weighted by Gasteiger charge is -2.09. The first kappa shape index (κ1) is 16.4. The quantitative estimate of drug-likeness (QED) is 0.681. The van der Waals surface area contributed by atoms with Crippen LogP contribution in [0.1, 0.15) is 11.1 Å². The molecule has 7 nitrogen and oxygen atoms in total. The lowest BCUT2D eigenvalue weighted by atomic mass is 10.2. The lowest BCUT2D eigenvalue weighted by Crippen LogP contribution is -2.14. The summed E-state index contributed by atoms with van der Waals surface area (Å²) < 4.78 is 40.2. The van der Waals surface area contributed by atoms with Crippen LogP contribution < -0.4 is 4.72 Å². The molecule has 1 N–H and O–H groups in total. The second kappa shape index (κ2) is 6.02. The van der Waals surface area contributed by atoms with Gasteiger partial charge in [0.1, 0.15) is 5.82 Å². The van der Waals surface area contributed by atoms with E-state index in [1.807, 2.05) is 4.72 Å². The molecule has 0 atom stereocenters. The molecule has 0 aliphatic rings. The Bertz CT molecular complexity index is 936. The molecule has 0 bridgehead atoms. The molecular formula is C14H10FN3O4S. The summed E-state index contributed by atoms with van der Waals surface area (Å²) in [6, 6.07) is 8.34. The fourth-order valence-electron chi connectivity index (χ4n) is 1.82. The Hall–Kier alpha value is -2.99. The molecule has 2 aromatic carbocycles. The summed E-state index contributed by atoms with van der Waals surface area (Å²) in [7, 11) is -4.21. The van der Waals surface area contributed by atoms with Gasteiger partial charge >= 0.3 is 0 Å². The van der Waals surface area contributed by atoms with Gasteiger partial charge in [0.2, 0.25) is 0 Å². The van der Waals surface area contributed by atoms with Crippen LogP contribution in [-0.2, 0) is 10.0 Å². The summed E-state index contributed by atoms with van der Waals surface area (Å²) in [4.78, 5) is 9.82. The van der Waals surface area contributed by atoms with Crippen LogP contribution >= 0.6 is 0 Å². The van der Waals surface area contributed by atoms with Crippen LogP contribution in [0.2, 0.25) is 0 Å². The summed E-state index contributed by atoms with van der Waals surface area (Å²) in [5.74, 6) is -0.922. The first-order chi connectivity index (χ1) is 10.7. The zero-order valence-corrected chi connectivity index (χ0v) is 12.6. The lowest BCUT2D eigenvalue weighted by molar-refractivity contribution is -0.385. The van der Waals surface area contributed by atoms with E-state index in [9.17, 15) is 22.9 Å². The van der Waals surface area contributed by atoms with E-state index in [1.54, 1.807) is 6.07 Å². The average Bonchev–Trinajstić information content (AvgIpc) is 2.49. The Labute approximate surface area is 131 Å². The number of nitro benzene ring substituents is 1. The van der Waals surface area contributed by atoms with Crippen molar-refractivity contribution in [3.05, 3.63) is 63.5 Å². The van der Waals surface area contributed by atoms with Gasteiger partial charge in [-0.1, -0.05) is 6.07 Å². The summed E-state index contributed by atoms with van der Waals surface area (Å²) in [6.45, 7) is 1.47. The van der Waals surface area contributed by atoms with Crippen molar-refractivity contribution in [2.24, 2.45) is 0 Å². The molecule has 0 radical (unpaired) electrons. The van der Waals surface area contributed by atoms with E-state index >= 15 is 0 Å². The molecule has 0 saturated carbocycles. The van der Waals surface area contributed by atoms with E-state index in [2.05, 4.69) is 0 Å². The van der Waals surface area contributed by atoms with Crippen LogP contribution in [0.15, 0.2) is 41.3 Å². The third-order valence-electron chi connectivity index (χ3n) is 3.03. The van der Waals surface area contributed by atoms with Crippen molar-refractivity contribution in [2.45, 2.75) is 11.8 Å². The highest BCUT2D eigenvalue weighted by atomic mass is 32.2. The molecule has 23 heavy (non-hydrogen) atoms. The summed E-state index contributed by atoms with van der Waals surface area (Å²) >= 11 is 0. The summed E-state index contributed by atoms with van der Waals surface area (Å²) in [5, 5.41) is 19.5. The highest BCUT2D eigenvalue weighted by Gasteiger charge is 2.21.